The molecule has 84 valence electrons. The van der Waals surface area contributed by atoms with Gasteiger partial charge >= 0.3 is 5.69 Å². The van der Waals surface area contributed by atoms with Crippen LogP contribution in [0.25, 0.3) is 0 Å². The molecule has 0 unspecified atom stereocenters. The van der Waals surface area contributed by atoms with E-state index in [1.54, 1.807) is 0 Å². The lowest BCUT2D eigenvalue weighted by atomic mass is 9.97. The highest BCUT2D eigenvalue weighted by molar-refractivity contribution is 5.14. The average Bonchev–Trinajstić information content (AvgIpc) is 2.16. The van der Waals surface area contributed by atoms with Crippen LogP contribution in [0, 0.1) is 0 Å². The van der Waals surface area contributed by atoms with E-state index in [0.717, 1.165) is 25.7 Å². The zero-order valence-corrected chi connectivity index (χ0v) is 9.29. The minimum Gasteiger partial charge on any atom is -0.368 e. The van der Waals surface area contributed by atoms with Crippen molar-refractivity contribution in [3.63, 3.8) is 0 Å². The molecule has 0 amide bonds. The standard InChI is InChI=1S/C10H18N4O/c1-3-5-7(6-4-2)8-12-9(11)14-10(15)13-8/h7H,3-6H2,1-2H3,(H3,11,12,13,14,15). The van der Waals surface area contributed by atoms with E-state index < -0.39 is 5.69 Å². The number of H-pyrrole nitrogens is 1. The van der Waals surface area contributed by atoms with Gasteiger partial charge in [-0.3, -0.25) is 4.98 Å². The molecule has 0 spiro atoms. The Hall–Kier alpha value is -1.39. The van der Waals surface area contributed by atoms with Crippen molar-refractivity contribution < 1.29 is 0 Å². The maximum absolute atomic E-state index is 11.1. The molecule has 0 saturated heterocycles. The molecule has 1 aromatic heterocycles. The first kappa shape index (κ1) is 11.7. The molecule has 5 nitrogen and oxygen atoms in total. The van der Waals surface area contributed by atoms with Crippen LogP contribution >= 0.6 is 0 Å². The third-order valence-electron chi connectivity index (χ3n) is 2.35. The number of nitrogens with zero attached hydrogens (tertiary/aromatic N) is 2. The predicted molar refractivity (Wildman–Crippen MR) is 59.6 cm³/mol. The van der Waals surface area contributed by atoms with E-state index in [-0.39, 0.29) is 11.9 Å². The molecule has 1 heterocycles. The fourth-order valence-electron chi connectivity index (χ4n) is 1.73. The highest BCUT2D eigenvalue weighted by Crippen LogP contribution is 2.22. The first-order valence-corrected chi connectivity index (χ1v) is 5.41. The molecule has 5 heteroatoms. The van der Waals surface area contributed by atoms with E-state index in [2.05, 4.69) is 28.8 Å². The molecule has 1 rings (SSSR count). The van der Waals surface area contributed by atoms with Gasteiger partial charge in [0.25, 0.3) is 0 Å². The Morgan fingerprint density at radius 3 is 2.33 bits per heavy atom. The Labute approximate surface area is 89.1 Å². The van der Waals surface area contributed by atoms with Gasteiger partial charge in [-0.25, -0.2) is 4.79 Å². The molecule has 0 radical (unpaired) electrons. The first-order valence-electron chi connectivity index (χ1n) is 5.41. The number of nitrogens with two attached hydrogens (primary N) is 1. The van der Waals surface area contributed by atoms with Gasteiger partial charge in [0, 0.05) is 5.92 Å². The summed E-state index contributed by atoms with van der Waals surface area (Å²) in [6.45, 7) is 4.23. The van der Waals surface area contributed by atoms with E-state index in [9.17, 15) is 4.79 Å². The summed E-state index contributed by atoms with van der Waals surface area (Å²) in [6.07, 6.45) is 4.16. The summed E-state index contributed by atoms with van der Waals surface area (Å²) in [7, 11) is 0. The third-order valence-corrected chi connectivity index (χ3v) is 2.35. The molecule has 0 bridgehead atoms. The van der Waals surface area contributed by atoms with Crippen LogP contribution in [0.3, 0.4) is 0 Å². The smallest absolute Gasteiger partial charge is 0.349 e. The van der Waals surface area contributed by atoms with Gasteiger partial charge < -0.3 is 5.73 Å². The molecule has 3 N–H and O–H groups in total. The predicted octanol–water partition coefficient (Wildman–Crippen LogP) is 1.43. The molecule has 0 aliphatic carbocycles. The molecular formula is C10H18N4O. The number of nitrogens with one attached hydrogen (secondary N) is 1. The Morgan fingerprint density at radius 1 is 1.27 bits per heavy atom. The quantitative estimate of drug-likeness (QED) is 0.770. The van der Waals surface area contributed by atoms with Crippen LogP contribution in [0.5, 0.6) is 0 Å². The number of hydrogen-bond acceptors (Lipinski definition) is 4. The lowest BCUT2D eigenvalue weighted by Gasteiger charge is -2.13. The summed E-state index contributed by atoms with van der Waals surface area (Å²) >= 11 is 0. The van der Waals surface area contributed by atoms with Crippen molar-refractivity contribution in [1.82, 2.24) is 15.0 Å². The lowest BCUT2D eigenvalue weighted by Crippen LogP contribution is -2.19. The second kappa shape index (κ2) is 5.48. The molecule has 1 aromatic rings. The van der Waals surface area contributed by atoms with Crippen molar-refractivity contribution in [2.45, 2.75) is 45.4 Å². The Kier molecular flexibility index (Phi) is 4.27. The summed E-state index contributed by atoms with van der Waals surface area (Å²) in [5.74, 6) is 1.03. The maximum atomic E-state index is 11.1. The number of hydrogen-bond donors (Lipinski definition) is 2. The molecule has 0 aromatic carbocycles. The summed E-state index contributed by atoms with van der Waals surface area (Å²) in [6, 6.07) is 0. The minimum atomic E-state index is -0.408. The van der Waals surface area contributed by atoms with Crippen molar-refractivity contribution >= 4 is 5.95 Å². The normalized spacial score (nSPS) is 10.9. The van der Waals surface area contributed by atoms with Crippen LogP contribution in [0.1, 0.15) is 51.3 Å². The zero-order chi connectivity index (χ0) is 11.3. The van der Waals surface area contributed by atoms with Crippen molar-refractivity contribution in [2.24, 2.45) is 0 Å². The van der Waals surface area contributed by atoms with Gasteiger partial charge in [0.1, 0.15) is 5.82 Å². The van der Waals surface area contributed by atoms with Crippen molar-refractivity contribution in [2.75, 3.05) is 5.73 Å². The average molecular weight is 210 g/mol. The van der Waals surface area contributed by atoms with E-state index in [0.29, 0.717) is 5.82 Å². The lowest BCUT2D eigenvalue weighted by molar-refractivity contribution is 0.530. The molecule has 0 atom stereocenters. The number of rotatable bonds is 5. The van der Waals surface area contributed by atoms with Crippen LogP contribution < -0.4 is 11.4 Å². The van der Waals surface area contributed by atoms with E-state index in [1.165, 1.54) is 0 Å². The van der Waals surface area contributed by atoms with Gasteiger partial charge in [-0.05, 0) is 12.8 Å². The van der Waals surface area contributed by atoms with E-state index in [4.69, 9.17) is 5.73 Å². The third kappa shape index (κ3) is 3.34. The highest BCUT2D eigenvalue weighted by Gasteiger charge is 2.13. The van der Waals surface area contributed by atoms with Crippen LogP contribution in [0.4, 0.5) is 5.95 Å². The van der Waals surface area contributed by atoms with Gasteiger partial charge in [-0.15, -0.1) is 0 Å². The topological polar surface area (TPSA) is 84.7 Å². The number of nitrogen functional groups attached to an aromatic ring is 1. The van der Waals surface area contributed by atoms with Gasteiger partial charge in [0.05, 0.1) is 0 Å². The monoisotopic (exact) mass is 210 g/mol. The number of aromatic amines is 1. The minimum absolute atomic E-state index is 0.0611. The van der Waals surface area contributed by atoms with Gasteiger partial charge in [-0.2, -0.15) is 9.97 Å². The molecule has 0 aliphatic heterocycles. The number of aromatic nitrogens is 3. The Bertz CT molecular complexity index is 355. The molecule has 15 heavy (non-hydrogen) atoms. The van der Waals surface area contributed by atoms with Gasteiger partial charge in [0.2, 0.25) is 5.95 Å². The Balaban J connectivity index is 2.93. The fourth-order valence-corrected chi connectivity index (χ4v) is 1.73. The van der Waals surface area contributed by atoms with Crippen LogP contribution in [0.15, 0.2) is 4.79 Å². The molecular weight excluding hydrogens is 192 g/mol. The molecule has 0 aliphatic rings. The summed E-state index contributed by atoms with van der Waals surface area (Å²) in [5, 5.41) is 0. The van der Waals surface area contributed by atoms with E-state index >= 15 is 0 Å². The van der Waals surface area contributed by atoms with Crippen molar-refractivity contribution in [1.29, 1.82) is 0 Å². The zero-order valence-electron chi connectivity index (χ0n) is 9.29. The van der Waals surface area contributed by atoms with Gasteiger partial charge in [-0.1, -0.05) is 26.7 Å². The fraction of sp³-hybridized carbons (Fsp3) is 0.700. The summed E-state index contributed by atoms with van der Waals surface area (Å²) in [5.41, 5.74) is 5.04. The maximum Gasteiger partial charge on any atom is 0.349 e. The van der Waals surface area contributed by atoms with Crippen LogP contribution in [0.2, 0.25) is 0 Å². The second-order valence-electron chi connectivity index (χ2n) is 3.67. The first-order chi connectivity index (χ1) is 7.17. The van der Waals surface area contributed by atoms with Crippen LogP contribution in [-0.4, -0.2) is 15.0 Å². The SMILES string of the molecule is CCCC(CCC)c1nc(N)nc(=O)[nH]1. The van der Waals surface area contributed by atoms with E-state index in [1.807, 2.05) is 0 Å². The van der Waals surface area contributed by atoms with Crippen molar-refractivity contribution in [3.8, 4) is 0 Å². The Morgan fingerprint density at radius 2 is 1.87 bits per heavy atom. The molecule has 0 saturated carbocycles. The van der Waals surface area contributed by atoms with Crippen LogP contribution in [-0.2, 0) is 0 Å². The summed E-state index contributed by atoms with van der Waals surface area (Å²) < 4.78 is 0. The highest BCUT2D eigenvalue weighted by atomic mass is 16.1. The molecule has 0 fully saturated rings. The number of anilines is 1. The second-order valence-corrected chi connectivity index (χ2v) is 3.67. The largest absolute Gasteiger partial charge is 0.368 e. The van der Waals surface area contributed by atoms with Gasteiger partial charge in [0.15, 0.2) is 0 Å². The summed E-state index contributed by atoms with van der Waals surface area (Å²) in [4.78, 5) is 21.4. The van der Waals surface area contributed by atoms with Crippen molar-refractivity contribution in [3.05, 3.63) is 16.3 Å².